The molecule has 0 aliphatic carbocycles. The Morgan fingerprint density at radius 2 is 1.80 bits per heavy atom. The smallest absolute Gasteiger partial charge is 0.333 e. The lowest BCUT2D eigenvalue weighted by Crippen LogP contribution is -2.62. The Kier molecular flexibility index (Phi) is 5.97. The van der Waals surface area contributed by atoms with E-state index in [2.05, 4.69) is 4.90 Å². The van der Waals surface area contributed by atoms with E-state index in [1.807, 2.05) is 34.9 Å². The molecule has 3 aliphatic rings. The first-order chi connectivity index (χ1) is 14.5. The van der Waals surface area contributed by atoms with Crippen LogP contribution >= 0.6 is 0 Å². The summed E-state index contributed by atoms with van der Waals surface area (Å²) >= 11 is 0. The first-order valence-electron chi connectivity index (χ1n) is 10.7. The van der Waals surface area contributed by atoms with E-state index in [9.17, 15) is 14.7 Å². The first-order valence-corrected chi connectivity index (χ1v) is 10.7. The molecule has 2 atom stereocenters. The van der Waals surface area contributed by atoms with Crippen molar-refractivity contribution in [3.63, 3.8) is 0 Å². The number of urea groups is 1. The summed E-state index contributed by atoms with van der Waals surface area (Å²) in [5.41, 5.74) is 1.07. The lowest BCUT2D eigenvalue weighted by molar-refractivity contribution is -0.544. The molecule has 0 saturated carbocycles. The molecule has 30 heavy (non-hydrogen) atoms. The fourth-order valence-corrected chi connectivity index (χ4v) is 4.50. The van der Waals surface area contributed by atoms with Crippen LogP contribution in [0.1, 0.15) is 24.8 Å². The summed E-state index contributed by atoms with van der Waals surface area (Å²) in [6.45, 7) is 2.89. The number of amides is 3. The predicted molar refractivity (Wildman–Crippen MR) is 114 cm³/mol. The predicted octanol–water partition coefficient (Wildman–Crippen LogP) is 0.791. The van der Waals surface area contributed by atoms with Crippen molar-refractivity contribution < 1.29 is 19.3 Å². The van der Waals surface area contributed by atoms with Crippen molar-refractivity contribution in [3.05, 3.63) is 35.9 Å². The number of imide groups is 1. The molecule has 0 radical (unpaired) electrons. The van der Waals surface area contributed by atoms with Gasteiger partial charge < -0.3 is 10.0 Å². The van der Waals surface area contributed by atoms with Crippen LogP contribution in [-0.4, -0.2) is 100 Å². The summed E-state index contributed by atoms with van der Waals surface area (Å²) in [7, 11) is 3.14. The van der Waals surface area contributed by atoms with Crippen LogP contribution in [0.15, 0.2) is 35.3 Å². The maximum absolute atomic E-state index is 13.0. The van der Waals surface area contributed by atoms with E-state index < -0.39 is 12.1 Å². The highest BCUT2D eigenvalue weighted by molar-refractivity contribution is 6.23. The lowest BCUT2D eigenvalue weighted by Gasteiger charge is -2.32. The summed E-state index contributed by atoms with van der Waals surface area (Å²) in [6.07, 6.45) is 3.50. The Morgan fingerprint density at radius 1 is 1.10 bits per heavy atom. The summed E-state index contributed by atoms with van der Waals surface area (Å²) in [4.78, 5) is 35.0. The molecule has 3 heterocycles. The highest BCUT2D eigenvalue weighted by Gasteiger charge is 2.53. The molecule has 8 nitrogen and oxygen atoms in total. The highest BCUT2D eigenvalue weighted by Crippen LogP contribution is 2.21. The van der Waals surface area contributed by atoms with Crippen molar-refractivity contribution in [2.24, 2.45) is 4.99 Å². The molecule has 160 valence electrons. The molecular weight excluding hydrogens is 382 g/mol. The third kappa shape index (κ3) is 4.02. The number of amidine groups is 2. The van der Waals surface area contributed by atoms with Crippen LogP contribution in [-0.2, 0) is 11.2 Å². The van der Waals surface area contributed by atoms with Gasteiger partial charge >= 0.3 is 11.9 Å². The number of nitrogens with zero attached hydrogens (tertiary/aromatic N) is 5. The number of fused-ring (bicyclic) bond motifs is 1. The molecule has 2 unspecified atom stereocenters. The maximum atomic E-state index is 13.0. The molecule has 0 spiro atoms. The molecule has 1 aromatic rings. The summed E-state index contributed by atoms with van der Waals surface area (Å²) < 4.78 is 1.89. The zero-order valence-electron chi connectivity index (χ0n) is 17.7. The van der Waals surface area contributed by atoms with E-state index in [1.165, 1.54) is 18.4 Å². The number of likely N-dealkylation sites (N-methyl/N-ethyl adjacent to an activating group) is 2. The summed E-state index contributed by atoms with van der Waals surface area (Å²) in [5, 5.41) is 10.9. The minimum absolute atomic E-state index is 0.301. The summed E-state index contributed by atoms with van der Waals surface area (Å²) in [6, 6.07) is 8.86. The molecule has 4 rings (SSSR count). The Morgan fingerprint density at radius 3 is 2.50 bits per heavy atom. The fourth-order valence-electron chi connectivity index (χ4n) is 4.50. The van der Waals surface area contributed by atoms with Crippen molar-refractivity contribution >= 4 is 23.6 Å². The van der Waals surface area contributed by atoms with E-state index in [0.29, 0.717) is 31.2 Å². The van der Waals surface area contributed by atoms with Gasteiger partial charge in [0.15, 0.2) is 0 Å². The molecule has 2 saturated heterocycles. The van der Waals surface area contributed by atoms with E-state index in [0.717, 1.165) is 36.4 Å². The van der Waals surface area contributed by atoms with Crippen LogP contribution in [0.5, 0.6) is 0 Å². The number of carbonyl (C=O) groups is 2. The van der Waals surface area contributed by atoms with Crippen LogP contribution < -0.4 is 0 Å². The quantitative estimate of drug-likeness (QED) is 0.701. The van der Waals surface area contributed by atoms with Crippen LogP contribution in [0.25, 0.3) is 0 Å². The number of carbonyl (C=O) groups excluding carboxylic acids is 2. The number of rotatable bonds is 6. The number of benzene rings is 1. The molecule has 2 fully saturated rings. The topological polar surface area (TPSA) is 79.5 Å². The number of aliphatic hydroxyl groups is 1. The second-order valence-electron chi connectivity index (χ2n) is 8.36. The number of hydrogen-bond acceptors (Lipinski definition) is 5. The molecule has 1 aromatic carbocycles. The number of likely N-dealkylation sites (tertiary alicyclic amines) is 1. The van der Waals surface area contributed by atoms with Gasteiger partial charge in [-0.2, -0.15) is 0 Å². The van der Waals surface area contributed by atoms with Crippen molar-refractivity contribution in [2.75, 3.05) is 40.3 Å². The molecule has 3 aliphatic heterocycles. The van der Waals surface area contributed by atoms with Gasteiger partial charge in [0.05, 0.1) is 6.42 Å². The average molecular weight is 413 g/mol. The van der Waals surface area contributed by atoms with Gasteiger partial charge in [0.1, 0.15) is 12.6 Å². The van der Waals surface area contributed by atoms with Crippen molar-refractivity contribution in [1.29, 1.82) is 0 Å². The normalized spacial score (nSPS) is 23.7. The average Bonchev–Trinajstić information content (AvgIpc) is 3.10. The van der Waals surface area contributed by atoms with Gasteiger partial charge in [-0.05, 0) is 36.5 Å². The van der Waals surface area contributed by atoms with Crippen LogP contribution in [0, 0.1) is 0 Å². The minimum Gasteiger partial charge on any atom is -0.388 e. The molecule has 8 heteroatoms. The Labute approximate surface area is 177 Å². The van der Waals surface area contributed by atoms with Crippen LogP contribution in [0.2, 0.25) is 0 Å². The monoisotopic (exact) mass is 412 g/mol. The van der Waals surface area contributed by atoms with Crippen LogP contribution in [0.4, 0.5) is 4.79 Å². The SMILES string of the molecule is CN1C(=O)C2C(=NC(Cc3ccccc3)=[N+]2CC(O)CN2CCCCC2)N(C)C1=O. The zero-order chi connectivity index (χ0) is 21.3. The number of β-amino-alcohol motifs (C(OH)–C–C–N with tert-alkyl or cyclic N) is 1. The van der Waals surface area contributed by atoms with E-state index in [-0.39, 0.29) is 11.9 Å². The van der Waals surface area contributed by atoms with Crippen molar-refractivity contribution in [2.45, 2.75) is 37.8 Å². The maximum Gasteiger partial charge on any atom is 0.333 e. The lowest BCUT2D eigenvalue weighted by atomic mass is 10.1. The first kappa shape index (κ1) is 20.7. The molecule has 0 bridgehead atoms. The van der Waals surface area contributed by atoms with E-state index >= 15 is 0 Å². The second kappa shape index (κ2) is 8.65. The van der Waals surface area contributed by atoms with Gasteiger partial charge in [-0.1, -0.05) is 36.8 Å². The number of piperidine rings is 1. The minimum atomic E-state index is -0.674. The highest BCUT2D eigenvalue weighted by atomic mass is 16.3. The zero-order valence-corrected chi connectivity index (χ0v) is 17.7. The Bertz CT molecular complexity index is 876. The standard InChI is InChI=1S/C22H30N5O3/c1-24-20-19(21(29)25(2)22(24)30)27(15-17(28)14-26-11-7-4-8-12-26)18(23-20)13-16-9-5-3-6-10-16/h3,5-6,9-10,17,19,28H,4,7-8,11-15H2,1-2H3/q+1. The van der Waals surface area contributed by atoms with E-state index in [4.69, 9.17) is 4.99 Å². The number of hydrogen-bond donors (Lipinski definition) is 1. The number of aliphatic imine (C=N–C) groups is 1. The van der Waals surface area contributed by atoms with Gasteiger partial charge in [-0.15, -0.1) is 0 Å². The third-order valence-corrected chi connectivity index (χ3v) is 6.14. The second-order valence-corrected chi connectivity index (χ2v) is 8.36. The van der Waals surface area contributed by atoms with Crippen molar-refractivity contribution in [1.82, 2.24) is 14.7 Å². The Hall–Kier alpha value is -2.58. The molecule has 1 N–H and O–H groups in total. The van der Waals surface area contributed by atoms with Crippen molar-refractivity contribution in [3.8, 4) is 0 Å². The molecular formula is C22H30N5O3+. The largest absolute Gasteiger partial charge is 0.388 e. The van der Waals surface area contributed by atoms with E-state index in [1.54, 1.807) is 7.05 Å². The van der Waals surface area contributed by atoms with Gasteiger partial charge in [0.2, 0.25) is 0 Å². The summed E-state index contributed by atoms with van der Waals surface area (Å²) in [5.74, 6) is 0.853. The van der Waals surface area contributed by atoms with Gasteiger partial charge in [0, 0.05) is 20.6 Å². The number of aliphatic hydroxyl groups excluding tert-OH is 1. The Balaban J connectivity index is 1.61. The van der Waals surface area contributed by atoms with Gasteiger partial charge in [-0.3, -0.25) is 14.6 Å². The van der Waals surface area contributed by atoms with Gasteiger partial charge in [0.25, 0.3) is 17.8 Å². The third-order valence-electron chi connectivity index (χ3n) is 6.14. The molecule has 3 amide bonds. The molecule has 0 aromatic heterocycles. The van der Waals surface area contributed by atoms with Gasteiger partial charge in [-0.25, -0.2) is 9.37 Å². The fraction of sp³-hybridized carbons (Fsp3) is 0.545. The van der Waals surface area contributed by atoms with Crippen LogP contribution in [0.3, 0.4) is 0 Å².